The first kappa shape index (κ1) is 14.1. The van der Waals surface area contributed by atoms with Crippen molar-refractivity contribution in [2.24, 2.45) is 7.05 Å². The first-order chi connectivity index (χ1) is 8.41. The van der Waals surface area contributed by atoms with Crippen molar-refractivity contribution in [3.8, 4) is 0 Å². The molecule has 0 fully saturated rings. The molecule has 1 heterocycles. The minimum Gasteiger partial charge on any atom is -0.385 e. The summed E-state index contributed by atoms with van der Waals surface area (Å²) in [5.74, 6) is 0. The van der Waals surface area contributed by atoms with Gasteiger partial charge >= 0.3 is 16.9 Å². The van der Waals surface area contributed by atoms with Gasteiger partial charge in [0.05, 0.1) is 4.92 Å². The van der Waals surface area contributed by atoms with Crippen LogP contribution >= 0.6 is 0 Å². The Balaban J connectivity index is 3.39. The molecule has 1 rings (SSSR count). The second kappa shape index (κ2) is 5.58. The van der Waals surface area contributed by atoms with Crippen LogP contribution in [-0.2, 0) is 18.3 Å². The minimum absolute atomic E-state index is 0.0733. The van der Waals surface area contributed by atoms with E-state index < -0.39 is 21.9 Å². The number of aromatic nitrogens is 2. The van der Waals surface area contributed by atoms with Crippen molar-refractivity contribution < 1.29 is 9.66 Å². The molecule has 0 N–H and O–H groups in total. The molecule has 8 heteroatoms. The molecule has 0 atom stereocenters. The maximum absolute atomic E-state index is 11.8. The highest BCUT2D eigenvalue weighted by atomic mass is 16.6. The first-order valence-electron chi connectivity index (χ1n) is 5.35. The Morgan fingerprint density at radius 2 is 2.00 bits per heavy atom. The van der Waals surface area contributed by atoms with Crippen LogP contribution in [0.1, 0.15) is 12.1 Å². The molecule has 0 saturated heterocycles. The molecule has 0 bridgehead atoms. The highest BCUT2D eigenvalue weighted by Gasteiger charge is 2.23. The Hall–Kier alpha value is -1.96. The average Bonchev–Trinajstić information content (AvgIpc) is 2.30. The molecule has 0 aliphatic heterocycles. The van der Waals surface area contributed by atoms with Crippen molar-refractivity contribution >= 4 is 5.69 Å². The fraction of sp³-hybridized carbons (Fsp3) is 0.600. The van der Waals surface area contributed by atoms with Crippen molar-refractivity contribution in [3.05, 3.63) is 36.6 Å². The van der Waals surface area contributed by atoms with Gasteiger partial charge in [0, 0.05) is 27.3 Å². The molecule has 0 aliphatic carbocycles. The van der Waals surface area contributed by atoms with Crippen LogP contribution in [0, 0.1) is 17.0 Å². The zero-order valence-electron chi connectivity index (χ0n) is 10.5. The summed E-state index contributed by atoms with van der Waals surface area (Å²) in [6, 6.07) is 0. The Labute approximate surface area is 103 Å². The fourth-order valence-electron chi connectivity index (χ4n) is 1.69. The van der Waals surface area contributed by atoms with Gasteiger partial charge in [0.15, 0.2) is 0 Å². The van der Waals surface area contributed by atoms with Crippen LogP contribution < -0.4 is 11.2 Å². The van der Waals surface area contributed by atoms with Gasteiger partial charge in [-0.2, -0.15) is 0 Å². The summed E-state index contributed by atoms with van der Waals surface area (Å²) in [5.41, 5.74) is -1.93. The van der Waals surface area contributed by atoms with E-state index in [0.717, 1.165) is 4.57 Å². The maximum Gasteiger partial charge on any atom is 0.353 e. The van der Waals surface area contributed by atoms with E-state index in [2.05, 4.69) is 0 Å². The van der Waals surface area contributed by atoms with E-state index in [4.69, 9.17) is 4.74 Å². The molecule has 0 amide bonds. The summed E-state index contributed by atoms with van der Waals surface area (Å²) in [4.78, 5) is 33.5. The van der Waals surface area contributed by atoms with Crippen molar-refractivity contribution in [3.63, 3.8) is 0 Å². The Morgan fingerprint density at radius 3 is 2.50 bits per heavy atom. The van der Waals surface area contributed by atoms with Gasteiger partial charge in [-0.3, -0.25) is 24.0 Å². The van der Waals surface area contributed by atoms with E-state index in [1.165, 1.54) is 25.6 Å². The number of hydrogen-bond acceptors (Lipinski definition) is 5. The smallest absolute Gasteiger partial charge is 0.353 e. The van der Waals surface area contributed by atoms with E-state index in [1.807, 2.05) is 0 Å². The van der Waals surface area contributed by atoms with E-state index in [9.17, 15) is 19.7 Å². The normalized spacial score (nSPS) is 10.6. The molecule has 1 aromatic rings. The molecular formula is C10H15N3O5. The predicted molar refractivity (Wildman–Crippen MR) is 63.8 cm³/mol. The van der Waals surface area contributed by atoms with Gasteiger partial charge in [-0.15, -0.1) is 0 Å². The van der Waals surface area contributed by atoms with Crippen LogP contribution in [0.3, 0.4) is 0 Å². The van der Waals surface area contributed by atoms with Gasteiger partial charge in [0.2, 0.25) is 0 Å². The van der Waals surface area contributed by atoms with E-state index in [0.29, 0.717) is 13.0 Å². The third-order valence-electron chi connectivity index (χ3n) is 2.69. The zero-order chi connectivity index (χ0) is 13.9. The summed E-state index contributed by atoms with van der Waals surface area (Å²) in [6.45, 7) is 2.10. The summed E-state index contributed by atoms with van der Waals surface area (Å²) in [6.07, 6.45) is 0.534. The highest BCUT2D eigenvalue weighted by Crippen LogP contribution is 2.09. The van der Waals surface area contributed by atoms with Crippen molar-refractivity contribution in [2.45, 2.75) is 19.9 Å². The van der Waals surface area contributed by atoms with Gasteiger partial charge in [-0.05, 0) is 13.3 Å². The molecular weight excluding hydrogens is 242 g/mol. The second-order valence-corrected chi connectivity index (χ2v) is 3.84. The van der Waals surface area contributed by atoms with Crippen molar-refractivity contribution in [1.82, 2.24) is 9.13 Å². The standard InChI is InChI=1S/C10H15N3O5/c1-7-8(13(16)17)9(14)11(2)10(15)12(7)5-4-6-18-3/h4-6H2,1-3H3. The molecule has 0 spiro atoms. The van der Waals surface area contributed by atoms with Crippen LogP contribution in [0.4, 0.5) is 5.69 Å². The van der Waals surface area contributed by atoms with Gasteiger partial charge < -0.3 is 4.74 Å². The monoisotopic (exact) mass is 257 g/mol. The molecule has 0 unspecified atom stereocenters. The highest BCUT2D eigenvalue weighted by molar-refractivity contribution is 5.31. The maximum atomic E-state index is 11.8. The van der Waals surface area contributed by atoms with Crippen molar-refractivity contribution in [2.75, 3.05) is 13.7 Å². The Kier molecular flexibility index (Phi) is 4.38. The molecule has 0 saturated carbocycles. The lowest BCUT2D eigenvalue weighted by atomic mass is 10.3. The lowest BCUT2D eigenvalue weighted by molar-refractivity contribution is -0.387. The second-order valence-electron chi connectivity index (χ2n) is 3.84. The Morgan fingerprint density at radius 1 is 1.39 bits per heavy atom. The van der Waals surface area contributed by atoms with Crippen LogP contribution in [0.25, 0.3) is 0 Å². The summed E-state index contributed by atoms with van der Waals surface area (Å²) in [7, 11) is 2.75. The Bertz CT molecular complexity index is 572. The molecule has 0 aliphatic rings. The van der Waals surface area contributed by atoms with Gasteiger partial charge in [-0.1, -0.05) is 0 Å². The van der Waals surface area contributed by atoms with E-state index in [1.54, 1.807) is 0 Å². The van der Waals surface area contributed by atoms with Crippen molar-refractivity contribution in [1.29, 1.82) is 0 Å². The summed E-state index contributed by atoms with van der Waals surface area (Å²) < 4.78 is 6.83. The summed E-state index contributed by atoms with van der Waals surface area (Å²) in [5, 5.41) is 10.8. The van der Waals surface area contributed by atoms with Gasteiger partial charge in [-0.25, -0.2) is 4.79 Å². The lowest BCUT2D eigenvalue weighted by Gasteiger charge is -2.10. The fourth-order valence-corrected chi connectivity index (χ4v) is 1.69. The number of nitrogens with zero attached hydrogens (tertiary/aromatic N) is 3. The van der Waals surface area contributed by atoms with E-state index >= 15 is 0 Å². The number of hydrogen-bond donors (Lipinski definition) is 0. The minimum atomic E-state index is -0.884. The van der Waals surface area contributed by atoms with Crippen LogP contribution in [0.5, 0.6) is 0 Å². The molecule has 18 heavy (non-hydrogen) atoms. The number of ether oxygens (including phenoxy) is 1. The van der Waals surface area contributed by atoms with E-state index in [-0.39, 0.29) is 12.2 Å². The average molecular weight is 257 g/mol. The molecule has 100 valence electrons. The molecule has 0 radical (unpaired) electrons. The number of nitro groups is 1. The van der Waals surface area contributed by atoms with Gasteiger partial charge in [0.25, 0.3) is 0 Å². The summed E-state index contributed by atoms with van der Waals surface area (Å²) >= 11 is 0. The number of methoxy groups -OCH3 is 1. The van der Waals surface area contributed by atoms with Gasteiger partial charge in [0.1, 0.15) is 5.69 Å². The van der Waals surface area contributed by atoms with Crippen LogP contribution in [0.15, 0.2) is 9.59 Å². The number of rotatable bonds is 5. The predicted octanol–water partition coefficient (Wildman–Crippen LogP) is -0.200. The third kappa shape index (κ3) is 2.48. The topological polar surface area (TPSA) is 96.4 Å². The SMILES string of the molecule is COCCCn1c(C)c([N+](=O)[O-])c(=O)n(C)c1=O. The third-order valence-corrected chi connectivity index (χ3v) is 2.69. The molecule has 8 nitrogen and oxygen atoms in total. The largest absolute Gasteiger partial charge is 0.385 e. The first-order valence-corrected chi connectivity index (χ1v) is 5.35. The lowest BCUT2D eigenvalue weighted by Crippen LogP contribution is -2.40. The van der Waals surface area contributed by atoms with Crippen LogP contribution in [-0.4, -0.2) is 27.8 Å². The quantitative estimate of drug-likeness (QED) is 0.413. The van der Waals surface area contributed by atoms with Crippen LogP contribution in [0.2, 0.25) is 0 Å². The zero-order valence-corrected chi connectivity index (χ0v) is 10.5. The molecule has 1 aromatic heterocycles. The molecule has 0 aromatic carbocycles.